The van der Waals surface area contributed by atoms with E-state index in [0.717, 1.165) is 31.6 Å². The lowest BCUT2D eigenvalue weighted by molar-refractivity contribution is 0.337. The first-order valence-corrected chi connectivity index (χ1v) is 9.97. The molecule has 25 heavy (non-hydrogen) atoms. The van der Waals surface area contributed by atoms with Crippen molar-refractivity contribution < 1.29 is 0 Å². The van der Waals surface area contributed by atoms with Gasteiger partial charge in [0.05, 0.1) is 10.9 Å². The molecule has 0 spiro atoms. The van der Waals surface area contributed by atoms with E-state index in [1.54, 1.807) is 11.8 Å². The Morgan fingerprint density at radius 3 is 3.04 bits per heavy atom. The number of nitrogens with two attached hydrogens (primary N) is 1. The number of hydrogen-bond donors (Lipinski definition) is 2. The number of amidine groups is 1. The van der Waals surface area contributed by atoms with Crippen molar-refractivity contribution in [3.05, 3.63) is 41.4 Å². The van der Waals surface area contributed by atoms with E-state index in [1.807, 2.05) is 6.07 Å². The fourth-order valence-electron chi connectivity index (χ4n) is 3.13. The van der Waals surface area contributed by atoms with Crippen LogP contribution in [0.4, 0.5) is 5.69 Å². The first-order valence-electron chi connectivity index (χ1n) is 9.02. The summed E-state index contributed by atoms with van der Waals surface area (Å²) >= 11 is 1.75. The minimum atomic E-state index is 0.282. The molecular formula is C20H28N4S. The molecule has 1 aliphatic heterocycles. The van der Waals surface area contributed by atoms with Crippen molar-refractivity contribution in [3.63, 3.8) is 0 Å². The molecule has 1 aliphatic rings. The third-order valence-corrected chi connectivity index (χ3v) is 6.10. The summed E-state index contributed by atoms with van der Waals surface area (Å²) in [5, 5.41) is 3.65. The molecule has 1 aromatic carbocycles. The van der Waals surface area contributed by atoms with Gasteiger partial charge in [-0.25, -0.2) is 4.99 Å². The van der Waals surface area contributed by atoms with Gasteiger partial charge in [-0.3, -0.25) is 0 Å². The van der Waals surface area contributed by atoms with Gasteiger partial charge in [-0.15, -0.1) is 11.8 Å². The summed E-state index contributed by atoms with van der Waals surface area (Å²) < 4.78 is 0. The van der Waals surface area contributed by atoms with Crippen LogP contribution in [0.5, 0.6) is 0 Å². The molecule has 2 atom stereocenters. The first kappa shape index (κ1) is 18.1. The molecule has 0 saturated heterocycles. The zero-order valence-corrected chi connectivity index (χ0v) is 16.1. The highest BCUT2D eigenvalue weighted by Gasteiger charge is 2.16. The molecule has 0 radical (unpaired) electrons. The average molecular weight is 357 g/mol. The van der Waals surface area contributed by atoms with Crippen molar-refractivity contribution in [3.8, 4) is 0 Å². The number of rotatable bonds is 7. The van der Waals surface area contributed by atoms with Crippen molar-refractivity contribution in [2.75, 3.05) is 20.1 Å². The normalized spacial score (nSPS) is 19.2. The molecule has 0 fully saturated rings. The molecule has 134 valence electrons. The number of aromatic nitrogens is 1. The molecule has 2 aromatic rings. The van der Waals surface area contributed by atoms with Gasteiger partial charge in [-0.2, -0.15) is 0 Å². The van der Waals surface area contributed by atoms with Crippen LogP contribution in [0.2, 0.25) is 0 Å². The van der Waals surface area contributed by atoms with Gasteiger partial charge in [0.1, 0.15) is 5.84 Å². The predicted molar refractivity (Wildman–Crippen MR) is 111 cm³/mol. The Morgan fingerprint density at radius 2 is 2.32 bits per heavy atom. The summed E-state index contributed by atoms with van der Waals surface area (Å²) in [6, 6.07) is 6.31. The van der Waals surface area contributed by atoms with Gasteiger partial charge in [0.2, 0.25) is 0 Å². The number of allylic oxidation sites excluding steroid dienone is 1. The highest BCUT2D eigenvalue weighted by Crippen LogP contribution is 2.31. The van der Waals surface area contributed by atoms with E-state index in [-0.39, 0.29) is 5.25 Å². The topological polar surface area (TPSA) is 57.4 Å². The third-order valence-electron chi connectivity index (χ3n) is 4.99. The van der Waals surface area contributed by atoms with Crippen LogP contribution in [0.15, 0.2) is 40.9 Å². The molecule has 0 amide bonds. The van der Waals surface area contributed by atoms with Gasteiger partial charge < -0.3 is 15.6 Å². The lowest BCUT2D eigenvalue weighted by atomic mass is 9.97. The fraction of sp³-hybridized carbons (Fsp3) is 0.450. The quantitative estimate of drug-likeness (QED) is 0.562. The summed E-state index contributed by atoms with van der Waals surface area (Å²) in [7, 11) is 2.17. The molecule has 3 N–H and O–H groups in total. The molecule has 3 rings (SSSR count). The third kappa shape index (κ3) is 4.28. The molecule has 0 aliphatic carbocycles. The molecule has 4 nitrogen and oxygen atoms in total. The van der Waals surface area contributed by atoms with Crippen molar-refractivity contribution in [2.45, 2.75) is 37.9 Å². The SMILES string of the molecule is CCN(C)CCC(C)c1c[nH]c2ccc(N=C(N)C3CC=CS3)cc12. The van der Waals surface area contributed by atoms with Gasteiger partial charge in [0, 0.05) is 17.1 Å². The number of thioether (sulfide) groups is 1. The monoisotopic (exact) mass is 356 g/mol. The summed E-state index contributed by atoms with van der Waals surface area (Å²) in [5.41, 5.74) is 9.68. The highest BCUT2D eigenvalue weighted by molar-refractivity contribution is 8.03. The lowest BCUT2D eigenvalue weighted by Gasteiger charge is -2.17. The van der Waals surface area contributed by atoms with Crippen LogP contribution in [0.3, 0.4) is 0 Å². The Balaban J connectivity index is 1.80. The molecule has 2 unspecified atom stereocenters. The van der Waals surface area contributed by atoms with Crippen LogP contribution >= 0.6 is 11.8 Å². The van der Waals surface area contributed by atoms with Crippen molar-refractivity contribution in [2.24, 2.45) is 10.7 Å². The maximum Gasteiger partial charge on any atom is 0.113 e. The van der Waals surface area contributed by atoms with Crippen LogP contribution in [0.25, 0.3) is 10.9 Å². The molecule has 0 saturated carbocycles. The second-order valence-electron chi connectivity index (χ2n) is 6.83. The molecular weight excluding hydrogens is 328 g/mol. The van der Waals surface area contributed by atoms with E-state index < -0.39 is 0 Å². The Bertz CT molecular complexity index is 769. The van der Waals surface area contributed by atoms with E-state index in [0.29, 0.717) is 11.8 Å². The number of aromatic amines is 1. The van der Waals surface area contributed by atoms with Gasteiger partial charge >= 0.3 is 0 Å². The summed E-state index contributed by atoms with van der Waals surface area (Å²) in [6.07, 6.45) is 6.42. The second kappa shape index (κ2) is 8.11. The fourth-order valence-corrected chi connectivity index (χ4v) is 3.96. The molecule has 0 bridgehead atoms. The number of fused-ring (bicyclic) bond motifs is 1. The molecule has 2 heterocycles. The van der Waals surface area contributed by atoms with E-state index in [1.165, 1.54) is 16.5 Å². The smallest absolute Gasteiger partial charge is 0.113 e. The van der Waals surface area contributed by atoms with E-state index in [2.05, 4.69) is 65.6 Å². The van der Waals surface area contributed by atoms with Gasteiger partial charge in [-0.1, -0.05) is 19.9 Å². The van der Waals surface area contributed by atoms with Gasteiger partial charge in [-0.05, 0) is 68.1 Å². The number of hydrogen-bond acceptors (Lipinski definition) is 3. The minimum absolute atomic E-state index is 0.282. The Labute approximate surface area is 154 Å². The Hall–Kier alpha value is -1.72. The standard InChI is InChI=1S/C20H28N4S/c1-4-24(3)10-9-14(2)17-13-22-18-8-7-15(12-16(17)18)23-20(21)19-6-5-11-25-19/h5,7-8,11-14,19,22H,4,6,9-10H2,1-3H3,(H2,21,23). The van der Waals surface area contributed by atoms with Crippen molar-refractivity contribution in [1.29, 1.82) is 0 Å². The van der Waals surface area contributed by atoms with Crippen molar-refractivity contribution in [1.82, 2.24) is 9.88 Å². The zero-order chi connectivity index (χ0) is 17.8. The zero-order valence-electron chi connectivity index (χ0n) is 15.3. The number of H-pyrrole nitrogens is 1. The molecule has 5 heteroatoms. The van der Waals surface area contributed by atoms with Crippen LogP contribution in [0, 0.1) is 0 Å². The minimum Gasteiger partial charge on any atom is -0.386 e. The number of aliphatic imine (C=N–C) groups is 1. The Morgan fingerprint density at radius 1 is 1.48 bits per heavy atom. The van der Waals surface area contributed by atoms with E-state index >= 15 is 0 Å². The summed E-state index contributed by atoms with van der Waals surface area (Å²) in [6.45, 7) is 6.70. The average Bonchev–Trinajstić information content (AvgIpc) is 3.28. The maximum absolute atomic E-state index is 6.20. The van der Waals surface area contributed by atoms with E-state index in [4.69, 9.17) is 5.73 Å². The summed E-state index contributed by atoms with van der Waals surface area (Å²) in [4.78, 5) is 10.4. The number of nitrogens with zero attached hydrogens (tertiary/aromatic N) is 2. The van der Waals surface area contributed by atoms with Crippen LogP contribution in [-0.4, -0.2) is 41.1 Å². The van der Waals surface area contributed by atoms with Gasteiger partial charge in [0.15, 0.2) is 0 Å². The summed E-state index contributed by atoms with van der Waals surface area (Å²) in [5.74, 6) is 1.22. The van der Waals surface area contributed by atoms with Crippen molar-refractivity contribution >= 4 is 34.2 Å². The largest absolute Gasteiger partial charge is 0.386 e. The van der Waals surface area contributed by atoms with Gasteiger partial charge in [0.25, 0.3) is 0 Å². The molecule has 1 aromatic heterocycles. The number of benzene rings is 1. The number of nitrogens with one attached hydrogen (secondary N) is 1. The van der Waals surface area contributed by atoms with E-state index in [9.17, 15) is 0 Å². The maximum atomic E-state index is 6.20. The highest BCUT2D eigenvalue weighted by atomic mass is 32.2. The second-order valence-corrected chi connectivity index (χ2v) is 7.94. The van der Waals surface area contributed by atoms with Crippen LogP contribution in [-0.2, 0) is 0 Å². The first-order chi connectivity index (χ1) is 12.1. The lowest BCUT2D eigenvalue weighted by Crippen LogP contribution is -2.23. The Kier molecular flexibility index (Phi) is 5.86. The predicted octanol–water partition coefficient (Wildman–Crippen LogP) is 4.62. The van der Waals surface area contributed by atoms with Crippen LogP contribution < -0.4 is 5.73 Å². The van der Waals surface area contributed by atoms with Crippen LogP contribution in [0.1, 0.15) is 38.2 Å².